The summed E-state index contributed by atoms with van der Waals surface area (Å²) in [4.78, 5) is 23.0. The monoisotopic (exact) mass is 307 g/mol. The number of aryl methyl sites for hydroxylation is 1. The number of halogens is 2. The molecule has 0 aliphatic carbocycles. The van der Waals surface area contributed by atoms with Gasteiger partial charge in [0.1, 0.15) is 5.82 Å². The molecule has 0 saturated carbocycles. The van der Waals surface area contributed by atoms with Gasteiger partial charge in [-0.2, -0.15) is 0 Å². The quantitative estimate of drug-likeness (QED) is 0.907. The number of nitrogens with one attached hydrogen (secondary N) is 1. The Morgan fingerprint density at radius 1 is 1.14 bits per heavy atom. The number of carbonyl (C=O) groups is 2. The Kier molecular flexibility index (Phi) is 4.23. The highest BCUT2D eigenvalue weighted by Gasteiger charge is 2.14. The van der Waals surface area contributed by atoms with Crippen molar-refractivity contribution in [1.82, 2.24) is 0 Å². The number of amides is 1. The predicted molar refractivity (Wildman–Crippen MR) is 77.5 cm³/mol. The molecular formula is C15H11ClFNO3. The minimum absolute atomic E-state index is 0.0735. The van der Waals surface area contributed by atoms with Crippen molar-refractivity contribution in [2.45, 2.75) is 6.92 Å². The molecular weight excluding hydrogens is 297 g/mol. The normalized spacial score (nSPS) is 10.2. The fraction of sp³-hybridized carbons (Fsp3) is 0.0667. The van der Waals surface area contributed by atoms with E-state index < -0.39 is 17.7 Å². The van der Waals surface area contributed by atoms with Gasteiger partial charge in [0.05, 0.1) is 11.1 Å². The van der Waals surface area contributed by atoms with Crippen LogP contribution in [0.2, 0.25) is 5.02 Å². The summed E-state index contributed by atoms with van der Waals surface area (Å²) in [7, 11) is 0. The minimum atomic E-state index is -1.10. The summed E-state index contributed by atoms with van der Waals surface area (Å²) in [6.07, 6.45) is 0. The summed E-state index contributed by atoms with van der Waals surface area (Å²) >= 11 is 5.62. The van der Waals surface area contributed by atoms with Crippen LogP contribution in [0.5, 0.6) is 0 Å². The van der Waals surface area contributed by atoms with Crippen molar-refractivity contribution in [2.75, 3.05) is 5.32 Å². The lowest BCUT2D eigenvalue weighted by atomic mass is 10.1. The first-order valence-corrected chi connectivity index (χ1v) is 6.36. The molecule has 1 amide bonds. The zero-order valence-electron chi connectivity index (χ0n) is 11.0. The van der Waals surface area contributed by atoms with Crippen LogP contribution >= 0.6 is 11.6 Å². The molecule has 0 aliphatic heterocycles. The van der Waals surface area contributed by atoms with Crippen molar-refractivity contribution in [2.24, 2.45) is 0 Å². The van der Waals surface area contributed by atoms with E-state index in [2.05, 4.69) is 5.32 Å². The van der Waals surface area contributed by atoms with Crippen molar-refractivity contribution in [3.63, 3.8) is 0 Å². The predicted octanol–water partition coefficient (Wildman–Crippen LogP) is 3.74. The maximum Gasteiger partial charge on any atom is 0.336 e. The SMILES string of the molecule is Cc1ccc(NC(=O)c2ccc(Cl)cc2F)cc1C(=O)O. The van der Waals surface area contributed by atoms with Crippen molar-refractivity contribution in [3.05, 3.63) is 63.9 Å². The van der Waals surface area contributed by atoms with Crippen LogP contribution in [0.25, 0.3) is 0 Å². The average molecular weight is 308 g/mol. The number of carbonyl (C=O) groups excluding carboxylic acids is 1. The molecule has 0 radical (unpaired) electrons. The van der Waals surface area contributed by atoms with Crippen LogP contribution in [0, 0.1) is 12.7 Å². The molecule has 0 heterocycles. The fourth-order valence-electron chi connectivity index (χ4n) is 1.80. The van der Waals surface area contributed by atoms with E-state index in [0.29, 0.717) is 5.56 Å². The number of rotatable bonds is 3. The van der Waals surface area contributed by atoms with Crippen molar-refractivity contribution in [1.29, 1.82) is 0 Å². The molecule has 6 heteroatoms. The number of anilines is 1. The topological polar surface area (TPSA) is 66.4 Å². The molecule has 0 bridgehead atoms. The lowest BCUT2D eigenvalue weighted by molar-refractivity contribution is 0.0695. The molecule has 2 aromatic rings. The van der Waals surface area contributed by atoms with Gasteiger partial charge in [0, 0.05) is 10.7 Å². The molecule has 0 aromatic heterocycles. The van der Waals surface area contributed by atoms with Gasteiger partial charge in [-0.05, 0) is 42.8 Å². The second-order valence-corrected chi connectivity index (χ2v) is 4.85. The molecule has 2 aromatic carbocycles. The first-order chi connectivity index (χ1) is 9.88. The van der Waals surface area contributed by atoms with Crippen molar-refractivity contribution >= 4 is 29.2 Å². The maximum absolute atomic E-state index is 13.6. The van der Waals surface area contributed by atoms with Gasteiger partial charge in [0.25, 0.3) is 5.91 Å². The highest BCUT2D eigenvalue weighted by Crippen LogP contribution is 2.19. The van der Waals surface area contributed by atoms with Crippen LogP contribution in [-0.4, -0.2) is 17.0 Å². The van der Waals surface area contributed by atoms with E-state index >= 15 is 0 Å². The Morgan fingerprint density at radius 3 is 2.48 bits per heavy atom. The lowest BCUT2D eigenvalue weighted by Crippen LogP contribution is -2.14. The number of hydrogen-bond donors (Lipinski definition) is 2. The van der Waals surface area contributed by atoms with E-state index in [9.17, 15) is 14.0 Å². The van der Waals surface area contributed by atoms with Crippen molar-refractivity contribution in [3.8, 4) is 0 Å². The largest absolute Gasteiger partial charge is 0.478 e. The Bertz CT molecular complexity index is 731. The molecule has 0 fully saturated rings. The number of hydrogen-bond acceptors (Lipinski definition) is 2. The van der Waals surface area contributed by atoms with Crippen LogP contribution in [0.3, 0.4) is 0 Å². The van der Waals surface area contributed by atoms with Gasteiger partial charge in [-0.3, -0.25) is 4.79 Å². The Balaban J connectivity index is 2.27. The van der Waals surface area contributed by atoms with E-state index in [1.54, 1.807) is 19.1 Å². The Morgan fingerprint density at radius 2 is 1.86 bits per heavy atom. The van der Waals surface area contributed by atoms with E-state index in [1.807, 2.05) is 0 Å². The summed E-state index contributed by atoms with van der Waals surface area (Å²) in [5.41, 5.74) is 0.747. The number of carboxylic acids is 1. The van der Waals surface area contributed by atoms with E-state index in [4.69, 9.17) is 16.7 Å². The summed E-state index contributed by atoms with van der Waals surface area (Å²) in [5.74, 6) is -2.52. The van der Waals surface area contributed by atoms with Crippen LogP contribution in [0.15, 0.2) is 36.4 Å². The third kappa shape index (κ3) is 3.38. The van der Waals surface area contributed by atoms with Gasteiger partial charge in [-0.15, -0.1) is 0 Å². The second kappa shape index (κ2) is 5.93. The summed E-state index contributed by atoms with van der Waals surface area (Å²) in [5, 5.41) is 11.7. The lowest BCUT2D eigenvalue weighted by Gasteiger charge is -2.08. The summed E-state index contributed by atoms with van der Waals surface area (Å²) < 4.78 is 13.6. The standard InChI is InChI=1S/C15H11ClFNO3/c1-8-2-4-10(7-12(8)15(20)21)18-14(19)11-5-3-9(16)6-13(11)17/h2-7H,1H3,(H,18,19)(H,20,21). The Labute approximate surface area is 125 Å². The third-order valence-corrected chi connectivity index (χ3v) is 3.14. The number of aromatic carboxylic acids is 1. The number of benzene rings is 2. The first kappa shape index (κ1) is 15.0. The smallest absolute Gasteiger partial charge is 0.336 e. The first-order valence-electron chi connectivity index (χ1n) is 5.99. The average Bonchev–Trinajstić information content (AvgIpc) is 2.40. The highest BCUT2D eigenvalue weighted by atomic mass is 35.5. The molecule has 2 N–H and O–H groups in total. The van der Waals surface area contributed by atoms with E-state index in [0.717, 1.165) is 6.07 Å². The Hall–Kier alpha value is -2.40. The zero-order chi connectivity index (χ0) is 15.6. The maximum atomic E-state index is 13.6. The van der Waals surface area contributed by atoms with Crippen LogP contribution in [0.1, 0.15) is 26.3 Å². The van der Waals surface area contributed by atoms with Gasteiger partial charge < -0.3 is 10.4 Å². The van der Waals surface area contributed by atoms with Crippen molar-refractivity contribution < 1.29 is 19.1 Å². The van der Waals surface area contributed by atoms with E-state index in [-0.39, 0.29) is 21.8 Å². The fourth-order valence-corrected chi connectivity index (χ4v) is 1.96. The molecule has 0 saturated heterocycles. The molecule has 0 atom stereocenters. The van der Waals surface area contributed by atoms with Crippen LogP contribution in [0.4, 0.5) is 10.1 Å². The van der Waals surface area contributed by atoms with Gasteiger partial charge >= 0.3 is 5.97 Å². The molecule has 21 heavy (non-hydrogen) atoms. The molecule has 0 spiro atoms. The van der Waals surface area contributed by atoms with Gasteiger partial charge in [-0.1, -0.05) is 17.7 Å². The highest BCUT2D eigenvalue weighted by molar-refractivity contribution is 6.30. The van der Waals surface area contributed by atoms with Crippen LogP contribution < -0.4 is 5.32 Å². The van der Waals surface area contributed by atoms with Gasteiger partial charge in [0.15, 0.2) is 0 Å². The molecule has 4 nitrogen and oxygen atoms in total. The molecule has 0 aliphatic rings. The molecule has 108 valence electrons. The minimum Gasteiger partial charge on any atom is -0.478 e. The molecule has 0 unspecified atom stereocenters. The zero-order valence-corrected chi connectivity index (χ0v) is 11.7. The summed E-state index contributed by atoms with van der Waals surface area (Å²) in [6, 6.07) is 8.14. The van der Waals surface area contributed by atoms with Gasteiger partial charge in [0.2, 0.25) is 0 Å². The second-order valence-electron chi connectivity index (χ2n) is 4.41. The molecule has 2 rings (SSSR count). The third-order valence-electron chi connectivity index (χ3n) is 2.90. The van der Waals surface area contributed by atoms with Crippen LogP contribution in [-0.2, 0) is 0 Å². The van der Waals surface area contributed by atoms with E-state index in [1.165, 1.54) is 18.2 Å². The summed E-state index contributed by atoms with van der Waals surface area (Å²) in [6.45, 7) is 1.65. The number of carboxylic acid groups (broad SMARTS) is 1. The van der Waals surface area contributed by atoms with Gasteiger partial charge in [-0.25, -0.2) is 9.18 Å².